The third-order valence-corrected chi connectivity index (χ3v) is 2.42. The van der Waals surface area contributed by atoms with Crippen LogP contribution in [0.5, 0.6) is 0 Å². The second-order valence-corrected chi connectivity index (χ2v) is 3.59. The molecule has 72 valence electrons. The smallest absolute Gasteiger partial charge is 0.0826 e. The Kier molecular flexibility index (Phi) is 2.33. The van der Waals surface area contributed by atoms with Crippen molar-refractivity contribution in [1.82, 2.24) is 9.78 Å². The van der Waals surface area contributed by atoms with Gasteiger partial charge in [0.1, 0.15) is 0 Å². The number of aryl methyl sites for hydroxylation is 1. The normalized spacial score (nSPS) is 28.2. The molecular formula is C9H14N2O2. The molecule has 2 atom stereocenters. The van der Waals surface area contributed by atoms with Crippen molar-refractivity contribution in [2.24, 2.45) is 13.0 Å². The van der Waals surface area contributed by atoms with Crippen LogP contribution in [0, 0.1) is 5.92 Å². The number of aliphatic hydroxyl groups excluding tert-OH is 1. The first-order valence-corrected chi connectivity index (χ1v) is 4.49. The number of nitrogens with zero attached hydrogens (tertiary/aromatic N) is 2. The molecule has 1 aromatic rings. The van der Waals surface area contributed by atoms with Crippen LogP contribution in [0.1, 0.15) is 5.56 Å². The van der Waals surface area contributed by atoms with Crippen LogP contribution in [0.15, 0.2) is 12.4 Å². The van der Waals surface area contributed by atoms with E-state index in [-0.39, 0.29) is 12.0 Å². The van der Waals surface area contributed by atoms with Gasteiger partial charge in [-0.25, -0.2) is 0 Å². The Bertz CT molecular complexity index is 285. The van der Waals surface area contributed by atoms with Crippen LogP contribution in [0.25, 0.3) is 0 Å². The molecule has 0 radical (unpaired) electrons. The summed E-state index contributed by atoms with van der Waals surface area (Å²) in [7, 11) is 1.89. The first-order chi connectivity index (χ1) is 6.25. The molecule has 1 aliphatic rings. The van der Waals surface area contributed by atoms with Crippen LogP contribution in [-0.2, 0) is 18.2 Å². The minimum atomic E-state index is -0.305. The standard InChI is InChI=1S/C9H14N2O2/c1-11-4-7(3-10-11)2-8-5-13-6-9(8)12/h3-4,8-9,12H,2,5-6H2,1H3. The Hall–Kier alpha value is -0.870. The van der Waals surface area contributed by atoms with E-state index in [1.165, 1.54) is 0 Å². The van der Waals surface area contributed by atoms with E-state index in [0.29, 0.717) is 13.2 Å². The second kappa shape index (κ2) is 3.47. The van der Waals surface area contributed by atoms with Gasteiger partial charge in [0.2, 0.25) is 0 Å². The van der Waals surface area contributed by atoms with E-state index in [2.05, 4.69) is 5.10 Å². The van der Waals surface area contributed by atoms with Gasteiger partial charge < -0.3 is 9.84 Å². The van der Waals surface area contributed by atoms with Gasteiger partial charge in [0, 0.05) is 19.2 Å². The largest absolute Gasteiger partial charge is 0.390 e. The summed E-state index contributed by atoms with van der Waals surface area (Å²) in [6.45, 7) is 1.14. The molecule has 0 amide bonds. The molecule has 1 N–H and O–H groups in total. The van der Waals surface area contributed by atoms with Crippen molar-refractivity contribution < 1.29 is 9.84 Å². The molecule has 0 spiro atoms. The van der Waals surface area contributed by atoms with Gasteiger partial charge >= 0.3 is 0 Å². The van der Waals surface area contributed by atoms with Gasteiger partial charge in [-0.15, -0.1) is 0 Å². The maximum atomic E-state index is 9.50. The van der Waals surface area contributed by atoms with Crippen LogP contribution in [0.2, 0.25) is 0 Å². The van der Waals surface area contributed by atoms with Gasteiger partial charge in [-0.3, -0.25) is 4.68 Å². The third kappa shape index (κ3) is 1.89. The Morgan fingerprint density at radius 3 is 3.08 bits per heavy atom. The molecule has 1 aromatic heterocycles. The van der Waals surface area contributed by atoms with Gasteiger partial charge in [0.05, 0.1) is 25.5 Å². The Morgan fingerprint density at radius 2 is 2.54 bits per heavy atom. The van der Waals surface area contributed by atoms with Gasteiger partial charge in [-0.05, 0) is 12.0 Å². The molecule has 0 aliphatic carbocycles. The minimum Gasteiger partial charge on any atom is -0.390 e. The number of aromatic nitrogens is 2. The fourth-order valence-corrected chi connectivity index (χ4v) is 1.66. The lowest BCUT2D eigenvalue weighted by Gasteiger charge is -2.09. The molecular weight excluding hydrogens is 168 g/mol. The van der Waals surface area contributed by atoms with Crippen molar-refractivity contribution in [1.29, 1.82) is 0 Å². The van der Waals surface area contributed by atoms with E-state index < -0.39 is 0 Å². The monoisotopic (exact) mass is 182 g/mol. The molecule has 1 aliphatic heterocycles. The maximum absolute atomic E-state index is 9.50. The third-order valence-electron chi connectivity index (χ3n) is 2.42. The molecule has 13 heavy (non-hydrogen) atoms. The quantitative estimate of drug-likeness (QED) is 0.698. The summed E-state index contributed by atoms with van der Waals surface area (Å²) in [4.78, 5) is 0. The highest BCUT2D eigenvalue weighted by Crippen LogP contribution is 2.18. The number of ether oxygens (including phenoxy) is 1. The number of hydrogen-bond acceptors (Lipinski definition) is 3. The lowest BCUT2D eigenvalue weighted by Crippen LogP contribution is -2.19. The first kappa shape index (κ1) is 8.72. The molecule has 0 saturated carbocycles. The van der Waals surface area contributed by atoms with E-state index >= 15 is 0 Å². The summed E-state index contributed by atoms with van der Waals surface area (Å²) in [5, 5.41) is 13.6. The van der Waals surface area contributed by atoms with E-state index in [9.17, 15) is 5.11 Å². The highest BCUT2D eigenvalue weighted by atomic mass is 16.5. The minimum absolute atomic E-state index is 0.240. The van der Waals surface area contributed by atoms with Crippen molar-refractivity contribution in [3.63, 3.8) is 0 Å². The van der Waals surface area contributed by atoms with Crippen molar-refractivity contribution in [2.75, 3.05) is 13.2 Å². The fraction of sp³-hybridized carbons (Fsp3) is 0.667. The molecule has 4 nitrogen and oxygen atoms in total. The van der Waals surface area contributed by atoms with Crippen LogP contribution < -0.4 is 0 Å². The average Bonchev–Trinajstić information content (AvgIpc) is 2.64. The second-order valence-electron chi connectivity index (χ2n) is 3.59. The summed E-state index contributed by atoms with van der Waals surface area (Å²) in [5.74, 6) is 0.240. The number of rotatable bonds is 2. The van der Waals surface area contributed by atoms with Crippen LogP contribution in [0.4, 0.5) is 0 Å². The van der Waals surface area contributed by atoms with E-state index in [1.54, 1.807) is 4.68 Å². The summed E-state index contributed by atoms with van der Waals surface area (Å²) < 4.78 is 6.95. The predicted octanol–water partition coefficient (Wildman–Crippen LogP) is -0.0301. The maximum Gasteiger partial charge on any atom is 0.0826 e. The van der Waals surface area contributed by atoms with Crippen LogP contribution in [0.3, 0.4) is 0 Å². The van der Waals surface area contributed by atoms with Crippen LogP contribution in [-0.4, -0.2) is 34.2 Å². The first-order valence-electron chi connectivity index (χ1n) is 4.49. The highest BCUT2D eigenvalue weighted by Gasteiger charge is 2.26. The van der Waals surface area contributed by atoms with Gasteiger partial charge in [-0.1, -0.05) is 0 Å². The summed E-state index contributed by atoms with van der Waals surface area (Å²) in [6.07, 6.45) is 4.37. The molecule has 0 bridgehead atoms. The summed E-state index contributed by atoms with van der Waals surface area (Å²) in [5.41, 5.74) is 1.16. The molecule has 4 heteroatoms. The zero-order chi connectivity index (χ0) is 9.26. The molecule has 2 unspecified atom stereocenters. The zero-order valence-electron chi connectivity index (χ0n) is 7.68. The van der Waals surface area contributed by atoms with Crippen molar-refractivity contribution >= 4 is 0 Å². The Labute approximate surface area is 77.1 Å². The van der Waals surface area contributed by atoms with Crippen molar-refractivity contribution in [3.8, 4) is 0 Å². The Balaban J connectivity index is 1.97. The van der Waals surface area contributed by atoms with E-state index in [0.717, 1.165) is 12.0 Å². The van der Waals surface area contributed by atoms with Crippen molar-refractivity contribution in [2.45, 2.75) is 12.5 Å². The zero-order valence-corrected chi connectivity index (χ0v) is 7.68. The fourth-order valence-electron chi connectivity index (χ4n) is 1.66. The van der Waals surface area contributed by atoms with Crippen LogP contribution >= 0.6 is 0 Å². The average molecular weight is 182 g/mol. The van der Waals surface area contributed by atoms with Crippen molar-refractivity contribution in [3.05, 3.63) is 18.0 Å². The molecule has 2 rings (SSSR count). The van der Waals surface area contributed by atoms with E-state index in [1.807, 2.05) is 19.4 Å². The number of aliphatic hydroxyl groups is 1. The van der Waals surface area contributed by atoms with Gasteiger partial charge in [0.25, 0.3) is 0 Å². The predicted molar refractivity (Wildman–Crippen MR) is 47.2 cm³/mol. The SMILES string of the molecule is Cn1cc(CC2COCC2O)cn1. The number of hydrogen-bond donors (Lipinski definition) is 1. The molecule has 1 saturated heterocycles. The van der Waals surface area contributed by atoms with Gasteiger partial charge in [-0.2, -0.15) is 5.10 Å². The topological polar surface area (TPSA) is 47.3 Å². The summed E-state index contributed by atoms with van der Waals surface area (Å²) in [6, 6.07) is 0. The molecule has 2 heterocycles. The summed E-state index contributed by atoms with van der Waals surface area (Å²) >= 11 is 0. The Morgan fingerprint density at radius 1 is 1.69 bits per heavy atom. The highest BCUT2D eigenvalue weighted by molar-refractivity contribution is 5.05. The lowest BCUT2D eigenvalue weighted by atomic mass is 9.99. The lowest BCUT2D eigenvalue weighted by molar-refractivity contribution is 0.118. The molecule has 0 aromatic carbocycles. The molecule has 1 fully saturated rings. The van der Waals surface area contributed by atoms with E-state index in [4.69, 9.17) is 4.74 Å². The van der Waals surface area contributed by atoms with Gasteiger partial charge in [0.15, 0.2) is 0 Å².